The molecule has 2 aliphatic heterocycles. The quantitative estimate of drug-likeness (QED) is 0.707. The van der Waals surface area contributed by atoms with Crippen molar-refractivity contribution in [3.8, 4) is 6.07 Å². The maximum Gasteiger partial charge on any atom is 0.416 e. The Morgan fingerprint density at radius 2 is 1.97 bits per heavy atom. The molecule has 1 amide bonds. The van der Waals surface area contributed by atoms with Crippen LogP contribution < -0.4 is 0 Å². The molecule has 2 aromatic carbocycles. The van der Waals surface area contributed by atoms with Crippen molar-refractivity contribution in [1.82, 2.24) is 4.90 Å². The third-order valence-electron chi connectivity index (χ3n) is 5.43. The minimum atomic E-state index is -4.51. The zero-order valence-electron chi connectivity index (χ0n) is 16.4. The molecule has 8 heteroatoms. The van der Waals surface area contributed by atoms with Gasteiger partial charge in [-0.25, -0.2) is 4.79 Å². The topological polar surface area (TPSA) is 62.6 Å². The summed E-state index contributed by atoms with van der Waals surface area (Å²) in [7, 11) is 0. The van der Waals surface area contributed by atoms with Crippen molar-refractivity contribution < 1.29 is 27.4 Å². The molecular formula is C23H19F3N2O3. The summed E-state index contributed by atoms with van der Waals surface area (Å²) >= 11 is 0. The predicted octanol–water partition coefficient (Wildman–Crippen LogP) is 4.77. The van der Waals surface area contributed by atoms with E-state index in [1.54, 1.807) is 11.0 Å². The number of benzene rings is 2. The number of carbonyl (C=O) groups is 1. The third-order valence-corrected chi connectivity index (χ3v) is 5.43. The van der Waals surface area contributed by atoms with E-state index in [0.717, 1.165) is 17.7 Å². The smallest absolute Gasteiger partial charge is 0.416 e. The number of rotatable bonds is 3. The number of ether oxygens (including phenoxy) is 2. The lowest BCUT2D eigenvalue weighted by Gasteiger charge is -2.44. The van der Waals surface area contributed by atoms with Crippen LogP contribution in [0.2, 0.25) is 0 Å². The monoisotopic (exact) mass is 428 g/mol. The van der Waals surface area contributed by atoms with Crippen molar-refractivity contribution in [2.45, 2.75) is 31.3 Å². The van der Waals surface area contributed by atoms with Gasteiger partial charge in [-0.2, -0.15) is 18.4 Å². The third kappa shape index (κ3) is 4.42. The molecule has 31 heavy (non-hydrogen) atoms. The number of hydrogen-bond donors (Lipinski definition) is 0. The second-order valence-electron chi connectivity index (χ2n) is 7.47. The van der Waals surface area contributed by atoms with Crippen molar-refractivity contribution in [3.63, 3.8) is 0 Å². The first-order chi connectivity index (χ1) is 14.9. The molecular weight excluding hydrogens is 409 g/mol. The van der Waals surface area contributed by atoms with Gasteiger partial charge in [-0.3, -0.25) is 4.90 Å². The molecule has 0 aromatic heterocycles. The first kappa shape index (κ1) is 20.9. The van der Waals surface area contributed by atoms with Gasteiger partial charge in [-0.15, -0.1) is 0 Å². The van der Waals surface area contributed by atoms with Crippen molar-refractivity contribution in [2.24, 2.45) is 0 Å². The maximum absolute atomic E-state index is 13.2. The first-order valence-corrected chi connectivity index (χ1v) is 9.76. The average molecular weight is 428 g/mol. The minimum absolute atomic E-state index is 0.124. The largest absolute Gasteiger partial charge is 0.445 e. The van der Waals surface area contributed by atoms with Gasteiger partial charge in [0.15, 0.2) is 0 Å². The standard InChI is InChI=1S/C23H19F3N2O3/c24-23(25,26)18-7-6-16(11-27)21(10-18)17-8-19-13-30-14-20(9-17)28(19)22(29)31-12-15-4-2-1-3-5-15/h1-8,10,19-20H,9,12-14H2. The number of hydrogen-bond acceptors (Lipinski definition) is 4. The zero-order valence-corrected chi connectivity index (χ0v) is 16.4. The zero-order chi connectivity index (χ0) is 22.0. The van der Waals surface area contributed by atoms with Gasteiger partial charge in [0.25, 0.3) is 0 Å². The van der Waals surface area contributed by atoms with Crippen LogP contribution in [-0.2, 0) is 22.3 Å². The average Bonchev–Trinajstić information content (AvgIpc) is 2.76. The van der Waals surface area contributed by atoms with Crippen LogP contribution in [-0.4, -0.2) is 36.3 Å². The SMILES string of the molecule is N#Cc1ccc(C(F)(F)F)cc1C1=CC2COCC(C1)N2C(=O)OCc1ccccc1. The number of nitriles is 1. The van der Waals surface area contributed by atoms with Crippen LogP contribution in [0, 0.1) is 11.3 Å². The van der Waals surface area contributed by atoms with Crippen molar-refractivity contribution in [3.05, 3.63) is 76.9 Å². The van der Waals surface area contributed by atoms with Gasteiger partial charge in [0.05, 0.1) is 42.5 Å². The van der Waals surface area contributed by atoms with E-state index in [1.165, 1.54) is 6.07 Å². The molecule has 1 saturated heterocycles. The number of alkyl halides is 3. The predicted molar refractivity (Wildman–Crippen MR) is 106 cm³/mol. The molecule has 1 fully saturated rings. The highest BCUT2D eigenvalue weighted by Gasteiger charge is 2.40. The molecule has 0 spiro atoms. The van der Waals surface area contributed by atoms with Crippen LogP contribution in [0.1, 0.15) is 28.7 Å². The van der Waals surface area contributed by atoms with Gasteiger partial charge in [-0.05, 0) is 41.3 Å². The Bertz CT molecular complexity index is 1040. The molecule has 4 rings (SSSR count). The molecule has 2 bridgehead atoms. The lowest BCUT2D eigenvalue weighted by Crippen LogP contribution is -2.56. The van der Waals surface area contributed by atoms with Crippen molar-refractivity contribution in [2.75, 3.05) is 13.2 Å². The van der Waals surface area contributed by atoms with Gasteiger partial charge < -0.3 is 9.47 Å². The second-order valence-corrected chi connectivity index (χ2v) is 7.47. The summed E-state index contributed by atoms with van der Waals surface area (Å²) < 4.78 is 50.6. The minimum Gasteiger partial charge on any atom is -0.445 e. The summed E-state index contributed by atoms with van der Waals surface area (Å²) in [4.78, 5) is 14.3. The van der Waals surface area contributed by atoms with E-state index in [1.807, 2.05) is 36.4 Å². The Balaban J connectivity index is 1.59. The van der Waals surface area contributed by atoms with E-state index in [4.69, 9.17) is 9.47 Å². The van der Waals surface area contributed by atoms with Crippen LogP contribution in [0.15, 0.2) is 54.6 Å². The molecule has 5 nitrogen and oxygen atoms in total. The van der Waals surface area contributed by atoms with Gasteiger partial charge in [0.1, 0.15) is 6.61 Å². The van der Waals surface area contributed by atoms with Crippen LogP contribution in [0.5, 0.6) is 0 Å². The number of halogens is 3. The van der Waals surface area contributed by atoms with Crippen molar-refractivity contribution >= 4 is 11.7 Å². The van der Waals surface area contributed by atoms with Gasteiger partial charge in [0, 0.05) is 0 Å². The number of nitrogens with zero attached hydrogens (tertiary/aromatic N) is 2. The summed E-state index contributed by atoms with van der Waals surface area (Å²) in [6.45, 7) is 0.579. The molecule has 2 atom stereocenters. The highest BCUT2D eigenvalue weighted by Crippen LogP contribution is 2.37. The second kappa shape index (κ2) is 8.44. The Hall–Kier alpha value is -3.31. The molecule has 2 heterocycles. The summed E-state index contributed by atoms with van der Waals surface area (Å²) in [5.41, 5.74) is 1.06. The fourth-order valence-electron chi connectivity index (χ4n) is 3.96. The van der Waals surface area contributed by atoms with Gasteiger partial charge in [-0.1, -0.05) is 36.4 Å². The summed E-state index contributed by atoms with van der Waals surface area (Å²) in [5, 5.41) is 9.40. The highest BCUT2D eigenvalue weighted by molar-refractivity contribution is 5.77. The Labute approximate surface area is 177 Å². The Morgan fingerprint density at radius 1 is 1.19 bits per heavy atom. The molecule has 2 aliphatic rings. The van der Waals surface area contributed by atoms with Gasteiger partial charge in [0.2, 0.25) is 0 Å². The van der Waals surface area contributed by atoms with E-state index >= 15 is 0 Å². The van der Waals surface area contributed by atoms with Crippen LogP contribution in [0.3, 0.4) is 0 Å². The first-order valence-electron chi connectivity index (χ1n) is 9.76. The van der Waals surface area contributed by atoms with Crippen molar-refractivity contribution in [1.29, 1.82) is 5.26 Å². The summed E-state index contributed by atoms with van der Waals surface area (Å²) in [6, 6.07) is 13.5. The molecule has 0 N–H and O–H groups in total. The fourth-order valence-corrected chi connectivity index (χ4v) is 3.96. The number of amides is 1. The summed E-state index contributed by atoms with van der Waals surface area (Å²) in [6.07, 6.45) is -3.03. The van der Waals surface area contributed by atoms with E-state index in [0.29, 0.717) is 5.57 Å². The molecule has 0 saturated carbocycles. The van der Waals surface area contributed by atoms with E-state index in [2.05, 4.69) is 0 Å². The Morgan fingerprint density at radius 3 is 2.65 bits per heavy atom. The molecule has 0 radical (unpaired) electrons. The lowest BCUT2D eigenvalue weighted by molar-refractivity contribution is -0.137. The summed E-state index contributed by atoms with van der Waals surface area (Å²) in [5.74, 6) is 0. The normalized spacial score (nSPS) is 20.6. The Kier molecular flexibility index (Phi) is 5.70. The van der Waals surface area contributed by atoms with E-state index in [-0.39, 0.29) is 43.4 Å². The van der Waals surface area contributed by atoms with Crippen LogP contribution >= 0.6 is 0 Å². The maximum atomic E-state index is 13.2. The fraction of sp³-hybridized carbons (Fsp3) is 0.304. The molecule has 160 valence electrons. The molecule has 2 unspecified atom stereocenters. The lowest BCUT2D eigenvalue weighted by atomic mass is 9.87. The van der Waals surface area contributed by atoms with Crippen LogP contribution in [0.4, 0.5) is 18.0 Å². The molecule has 2 aromatic rings. The number of morpholine rings is 1. The van der Waals surface area contributed by atoms with Gasteiger partial charge >= 0.3 is 12.3 Å². The molecule has 0 aliphatic carbocycles. The van der Waals surface area contributed by atoms with E-state index in [9.17, 15) is 23.2 Å². The van der Waals surface area contributed by atoms with E-state index < -0.39 is 23.9 Å². The number of carbonyl (C=O) groups excluding carboxylic acids is 1. The highest BCUT2D eigenvalue weighted by atomic mass is 19.4. The van der Waals surface area contributed by atoms with Crippen LogP contribution in [0.25, 0.3) is 5.57 Å². The number of fused-ring (bicyclic) bond motifs is 2.